The normalized spacial score (nSPS) is 15.9. The van der Waals surface area contributed by atoms with E-state index in [1.54, 1.807) is 22.7 Å². The highest BCUT2D eigenvalue weighted by molar-refractivity contribution is 5.86. The molecular formula is C16H27N5O4. The number of carbonyl (C=O) groups is 2. The van der Waals surface area contributed by atoms with Crippen molar-refractivity contribution in [3.05, 3.63) is 11.9 Å². The monoisotopic (exact) mass is 353 g/mol. The van der Waals surface area contributed by atoms with Gasteiger partial charge in [-0.3, -0.25) is 9.58 Å². The van der Waals surface area contributed by atoms with Crippen LogP contribution in [0.4, 0.5) is 4.79 Å². The standard InChI is InChI=1S/C16H27N5O4/c1-5-24-14(22)13-12-21(18-17-13)11-8-19-6-9-20(10-7-19)15(23)25-16(2,3)4/h12H,5-11H2,1-4H3. The molecule has 0 saturated carbocycles. The number of hydrogen-bond acceptors (Lipinski definition) is 7. The molecule has 0 unspecified atom stereocenters. The highest BCUT2D eigenvalue weighted by Crippen LogP contribution is 2.11. The summed E-state index contributed by atoms with van der Waals surface area (Å²) in [5, 5.41) is 7.76. The maximum Gasteiger partial charge on any atom is 0.410 e. The van der Waals surface area contributed by atoms with Crippen LogP contribution in [0.1, 0.15) is 38.2 Å². The zero-order valence-electron chi connectivity index (χ0n) is 15.4. The fourth-order valence-electron chi connectivity index (χ4n) is 2.43. The molecule has 0 bridgehead atoms. The molecule has 1 aromatic rings. The van der Waals surface area contributed by atoms with Crippen LogP contribution in [0.3, 0.4) is 0 Å². The summed E-state index contributed by atoms with van der Waals surface area (Å²) in [6, 6.07) is 0. The largest absolute Gasteiger partial charge is 0.461 e. The summed E-state index contributed by atoms with van der Waals surface area (Å²) < 4.78 is 11.9. The third-order valence-corrected chi connectivity index (χ3v) is 3.69. The van der Waals surface area contributed by atoms with Crippen LogP contribution in [-0.4, -0.2) is 81.8 Å². The Kier molecular flexibility index (Phi) is 6.35. The molecule has 2 rings (SSSR count). The van der Waals surface area contributed by atoms with Gasteiger partial charge in [0.05, 0.1) is 19.3 Å². The lowest BCUT2D eigenvalue weighted by Crippen LogP contribution is -2.50. The number of amides is 1. The van der Waals surface area contributed by atoms with Crippen LogP contribution in [0.5, 0.6) is 0 Å². The number of aromatic nitrogens is 3. The average Bonchev–Trinajstić information content (AvgIpc) is 3.01. The van der Waals surface area contributed by atoms with Crippen LogP contribution >= 0.6 is 0 Å². The summed E-state index contributed by atoms with van der Waals surface area (Å²) in [5.74, 6) is -0.459. The van der Waals surface area contributed by atoms with Gasteiger partial charge in [0.2, 0.25) is 0 Å². The quantitative estimate of drug-likeness (QED) is 0.730. The third kappa shape index (κ3) is 6.00. The number of carbonyl (C=O) groups excluding carboxylic acids is 2. The molecule has 25 heavy (non-hydrogen) atoms. The summed E-state index contributed by atoms with van der Waals surface area (Å²) in [5.41, 5.74) is -0.255. The van der Waals surface area contributed by atoms with E-state index in [1.165, 1.54) is 0 Å². The molecule has 1 aliphatic rings. The molecule has 0 N–H and O–H groups in total. The SMILES string of the molecule is CCOC(=O)c1cn(CCN2CCN(C(=O)OC(C)(C)C)CC2)nn1. The molecule has 0 radical (unpaired) electrons. The highest BCUT2D eigenvalue weighted by atomic mass is 16.6. The van der Waals surface area contributed by atoms with E-state index >= 15 is 0 Å². The second-order valence-electron chi connectivity index (χ2n) is 6.90. The first-order valence-electron chi connectivity index (χ1n) is 8.56. The number of hydrogen-bond donors (Lipinski definition) is 0. The van der Waals surface area contributed by atoms with E-state index < -0.39 is 11.6 Å². The fourth-order valence-corrected chi connectivity index (χ4v) is 2.43. The fraction of sp³-hybridized carbons (Fsp3) is 0.750. The molecule has 9 heteroatoms. The van der Waals surface area contributed by atoms with Gasteiger partial charge in [-0.2, -0.15) is 0 Å². The smallest absolute Gasteiger partial charge is 0.410 e. The average molecular weight is 353 g/mol. The van der Waals surface area contributed by atoms with Crippen molar-refractivity contribution in [2.45, 2.75) is 39.8 Å². The van der Waals surface area contributed by atoms with Crippen molar-refractivity contribution in [2.24, 2.45) is 0 Å². The lowest BCUT2D eigenvalue weighted by Gasteiger charge is -2.35. The van der Waals surface area contributed by atoms with Crippen LogP contribution < -0.4 is 0 Å². The predicted molar refractivity (Wildman–Crippen MR) is 90.2 cm³/mol. The van der Waals surface area contributed by atoms with Crippen LogP contribution in [0, 0.1) is 0 Å². The lowest BCUT2D eigenvalue weighted by molar-refractivity contribution is 0.0142. The van der Waals surface area contributed by atoms with Gasteiger partial charge < -0.3 is 14.4 Å². The summed E-state index contributed by atoms with van der Waals surface area (Å²) in [6.45, 7) is 11.9. The van der Waals surface area contributed by atoms with E-state index in [9.17, 15) is 9.59 Å². The van der Waals surface area contributed by atoms with Crippen molar-refractivity contribution in [3.8, 4) is 0 Å². The molecule has 1 saturated heterocycles. The Morgan fingerprint density at radius 3 is 2.44 bits per heavy atom. The molecule has 140 valence electrons. The Balaban J connectivity index is 1.74. The number of rotatable bonds is 5. The summed E-state index contributed by atoms with van der Waals surface area (Å²) in [4.78, 5) is 27.6. The van der Waals surface area contributed by atoms with Gasteiger partial charge in [-0.1, -0.05) is 5.21 Å². The zero-order valence-corrected chi connectivity index (χ0v) is 15.4. The Labute approximate surface area is 147 Å². The number of nitrogens with zero attached hydrogens (tertiary/aromatic N) is 5. The molecule has 9 nitrogen and oxygen atoms in total. The van der Waals surface area contributed by atoms with Crippen LogP contribution in [0.2, 0.25) is 0 Å². The Hall–Kier alpha value is -2.16. The van der Waals surface area contributed by atoms with Gasteiger partial charge >= 0.3 is 12.1 Å². The molecule has 0 aliphatic carbocycles. The first-order valence-corrected chi connectivity index (χ1v) is 8.56. The molecule has 0 aromatic carbocycles. The van der Waals surface area contributed by atoms with Gasteiger partial charge in [-0.05, 0) is 27.7 Å². The van der Waals surface area contributed by atoms with Crippen LogP contribution in [0.25, 0.3) is 0 Å². The third-order valence-electron chi connectivity index (χ3n) is 3.69. The summed E-state index contributed by atoms with van der Waals surface area (Å²) in [6.07, 6.45) is 1.33. The van der Waals surface area contributed by atoms with E-state index in [4.69, 9.17) is 9.47 Å². The number of piperazine rings is 1. The van der Waals surface area contributed by atoms with Crippen molar-refractivity contribution in [1.29, 1.82) is 0 Å². The summed E-state index contributed by atoms with van der Waals surface area (Å²) in [7, 11) is 0. The first-order chi connectivity index (χ1) is 11.8. The van der Waals surface area contributed by atoms with Crippen molar-refractivity contribution < 1.29 is 19.1 Å². The zero-order chi connectivity index (χ0) is 18.4. The van der Waals surface area contributed by atoms with E-state index in [2.05, 4.69) is 15.2 Å². The molecule has 1 aromatic heterocycles. The van der Waals surface area contributed by atoms with Crippen LogP contribution in [0.15, 0.2) is 6.20 Å². The van der Waals surface area contributed by atoms with Gasteiger partial charge in [-0.15, -0.1) is 5.10 Å². The predicted octanol–water partition coefficient (Wildman–Crippen LogP) is 1.01. The second-order valence-corrected chi connectivity index (χ2v) is 6.90. The van der Waals surface area contributed by atoms with Gasteiger partial charge in [0.25, 0.3) is 0 Å². The minimum absolute atomic E-state index is 0.219. The maximum absolute atomic E-state index is 12.0. The van der Waals surface area contributed by atoms with E-state index in [1.807, 2.05) is 20.8 Å². The van der Waals surface area contributed by atoms with Crippen molar-refractivity contribution in [3.63, 3.8) is 0 Å². The van der Waals surface area contributed by atoms with Crippen LogP contribution in [-0.2, 0) is 16.0 Å². The Bertz CT molecular complexity index is 588. The molecular weight excluding hydrogens is 326 g/mol. The van der Waals surface area contributed by atoms with Gasteiger partial charge in [0.1, 0.15) is 5.60 Å². The molecule has 0 spiro atoms. The Morgan fingerprint density at radius 1 is 1.16 bits per heavy atom. The van der Waals surface area contributed by atoms with E-state index in [-0.39, 0.29) is 11.8 Å². The molecule has 0 atom stereocenters. The number of ether oxygens (including phenoxy) is 2. The first kappa shape index (κ1) is 19.2. The van der Waals surface area contributed by atoms with Crippen molar-refractivity contribution in [1.82, 2.24) is 24.8 Å². The minimum Gasteiger partial charge on any atom is -0.461 e. The molecule has 1 aliphatic heterocycles. The highest BCUT2D eigenvalue weighted by Gasteiger charge is 2.25. The summed E-state index contributed by atoms with van der Waals surface area (Å²) >= 11 is 0. The molecule has 2 heterocycles. The second kappa shape index (κ2) is 8.28. The minimum atomic E-state index is -0.474. The topological polar surface area (TPSA) is 89.8 Å². The van der Waals surface area contributed by atoms with Gasteiger partial charge in [0.15, 0.2) is 5.69 Å². The van der Waals surface area contributed by atoms with Crippen molar-refractivity contribution >= 4 is 12.1 Å². The molecule has 1 amide bonds. The van der Waals surface area contributed by atoms with E-state index in [0.29, 0.717) is 26.2 Å². The number of esters is 1. The lowest BCUT2D eigenvalue weighted by atomic mass is 10.2. The van der Waals surface area contributed by atoms with E-state index in [0.717, 1.165) is 19.6 Å². The van der Waals surface area contributed by atoms with Crippen molar-refractivity contribution in [2.75, 3.05) is 39.3 Å². The van der Waals surface area contributed by atoms with Gasteiger partial charge in [-0.25, -0.2) is 9.59 Å². The van der Waals surface area contributed by atoms with Gasteiger partial charge in [0, 0.05) is 32.7 Å². The Morgan fingerprint density at radius 2 is 1.84 bits per heavy atom. The molecule has 1 fully saturated rings. The maximum atomic E-state index is 12.0.